The van der Waals surface area contributed by atoms with Gasteiger partial charge >= 0.3 is 5.97 Å². The maximum Gasteiger partial charge on any atom is 0.307 e. The molecule has 5 nitrogen and oxygen atoms in total. The minimum Gasteiger partial charge on any atom is -0.481 e. The van der Waals surface area contributed by atoms with Gasteiger partial charge in [-0.25, -0.2) is 0 Å². The molecule has 0 radical (unpaired) electrons. The standard InChI is InChI=1S/C18H26N2O3/c1-18(2,3)15-8-6-13(7-9-15)16(21)19-12-20-10-4-5-14(11-20)17(22)23/h6-9,14H,4-5,10-12H2,1-3H3,(H,19,21)(H,22,23). The van der Waals surface area contributed by atoms with Gasteiger partial charge in [0.15, 0.2) is 0 Å². The van der Waals surface area contributed by atoms with Crippen LogP contribution >= 0.6 is 0 Å². The average Bonchev–Trinajstić information content (AvgIpc) is 2.52. The summed E-state index contributed by atoms with van der Waals surface area (Å²) in [7, 11) is 0. The highest BCUT2D eigenvalue weighted by Gasteiger charge is 2.25. The number of nitrogens with zero attached hydrogens (tertiary/aromatic N) is 1. The molecule has 0 aromatic heterocycles. The van der Waals surface area contributed by atoms with Gasteiger partial charge in [0.05, 0.1) is 12.6 Å². The number of hydrogen-bond acceptors (Lipinski definition) is 3. The number of carbonyl (C=O) groups is 2. The van der Waals surface area contributed by atoms with E-state index >= 15 is 0 Å². The third-order valence-electron chi connectivity index (χ3n) is 4.33. The molecular weight excluding hydrogens is 292 g/mol. The first-order valence-corrected chi connectivity index (χ1v) is 8.11. The first-order valence-electron chi connectivity index (χ1n) is 8.11. The van der Waals surface area contributed by atoms with E-state index in [-0.39, 0.29) is 17.2 Å². The number of amides is 1. The number of carboxylic acids is 1. The molecule has 2 rings (SSSR count). The van der Waals surface area contributed by atoms with E-state index in [0.717, 1.165) is 13.0 Å². The van der Waals surface area contributed by atoms with Crippen molar-refractivity contribution < 1.29 is 14.7 Å². The van der Waals surface area contributed by atoms with E-state index in [1.807, 2.05) is 29.2 Å². The van der Waals surface area contributed by atoms with E-state index in [1.54, 1.807) is 0 Å². The Kier molecular flexibility index (Phi) is 5.42. The third-order valence-corrected chi connectivity index (χ3v) is 4.33. The van der Waals surface area contributed by atoms with Crippen LogP contribution in [0.2, 0.25) is 0 Å². The summed E-state index contributed by atoms with van der Waals surface area (Å²) >= 11 is 0. The van der Waals surface area contributed by atoms with Gasteiger partial charge in [-0.2, -0.15) is 0 Å². The molecule has 23 heavy (non-hydrogen) atoms. The Labute approximate surface area is 137 Å². The fourth-order valence-electron chi connectivity index (χ4n) is 2.81. The van der Waals surface area contributed by atoms with Gasteiger partial charge in [0, 0.05) is 12.1 Å². The van der Waals surface area contributed by atoms with Gasteiger partial charge < -0.3 is 10.4 Å². The van der Waals surface area contributed by atoms with E-state index in [9.17, 15) is 9.59 Å². The van der Waals surface area contributed by atoms with Crippen LogP contribution in [-0.4, -0.2) is 41.6 Å². The second kappa shape index (κ2) is 7.13. The lowest BCUT2D eigenvalue weighted by atomic mass is 9.87. The molecule has 1 amide bonds. The van der Waals surface area contributed by atoms with E-state index in [1.165, 1.54) is 5.56 Å². The van der Waals surface area contributed by atoms with Crippen LogP contribution in [0.1, 0.15) is 49.5 Å². The topological polar surface area (TPSA) is 69.6 Å². The largest absolute Gasteiger partial charge is 0.481 e. The zero-order chi connectivity index (χ0) is 17.0. The Balaban J connectivity index is 1.88. The van der Waals surface area contributed by atoms with Crippen LogP contribution in [0.3, 0.4) is 0 Å². The van der Waals surface area contributed by atoms with Crippen LogP contribution in [0, 0.1) is 5.92 Å². The molecule has 1 heterocycles. The molecule has 1 aromatic carbocycles. The molecule has 1 aliphatic heterocycles. The lowest BCUT2D eigenvalue weighted by Gasteiger charge is -2.30. The second-order valence-corrected chi connectivity index (χ2v) is 7.25. The number of carboxylic acid groups (broad SMARTS) is 1. The lowest BCUT2D eigenvalue weighted by molar-refractivity contribution is -0.143. The summed E-state index contributed by atoms with van der Waals surface area (Å²) in [6.07, 6.45) is 1.57. The number of hydrogen-bond donors (Lipinski definition) is 2. The summed E-state index contributed by atoms with van der Waals surface area (Å²) in [6.45, 7) is 8.13. The smallest absolute Gasteiger partial charge is 0.307 e. The number of likely N-dealkylation sites (tertiary alicyclic amines) is 1. The van der Waals surface area contributed by atoms with Gasteiger partial charge in [0.1, 0.15) is 0 Å². The Morgan fingerprint density at radius 1 is 1.26 bits per heavy atom. The van der Waals surface area contributed by atoms with E-state index in [0.29, 0.717) is 25.2 Å². The molecule has 0 spiro atoms. The first kappa shape index (κ1) is 17.5. The normalized spacial score (nSPS) is 19.3. The summed E-state index contributed by atoms with van der Waals surface area (Å²) in [4.78, 5) is 25.3. The minimum absolute atomic E-state index is 0.0641. The molecule has 0 bridgehead atoms. The molecule has 5 heteroatoms. The third kappa shape index (κ3) is 4.79. The quantitative estimate of drug-likeness (QED) is 0.895. The molecule has 1 unspecified atom stereocenters. The van der Waals surface area contributed by atoms with Crippen molar-refractivity contribution >= 4 is 11.9 Å². The molecular formula is C18H26N2O3. The van der Waals surface area contributed by atoms with E-state index < -0.39 is 5.97 Å². The van der Waals surface area contributed by atoms with Gasteiger partial charge in [-0.1, -0.05) is 32.9 Å². The van der Waals surface area contributed by atoms with Crippen LogP contribution in [0.5, 0.6) is 0 Å². The highest BCUT2D eigenvalue weighted by molar-refractivity contribution is 5.94. The van der Waals surface area contributed by atoms with Crippen molar-refractivity contribution in [3.8, 4) is 0 Å². The maximum absolute atomic E-state index is 12.2. The molecule has 1 aromatic rings. The number of aliphatic carboxylic acids is 1. The lowest BCUT2D eigenvalue weighted by Crippen LogP contribution is -2.44. The van der Waals surface area contributed by atoms with Gasteiger partial charge in [0.2, 0.25) is 0 Å². The first-order chi connectivity index (χ1) is 10.8. The van der Waals surface area contributed by atoms with Crippen molar-refractivity contribution in [1.29, 1.82) is 0 Å². The highest BCUT2D eigenvalue weighted by Crippen LogP contribution is 2.22. The molecule has 2 N–H and O–H groups in total. The zero-order valence-electron chi connectivity index (χ0n) is 14.1. The van der Waals surface area contributed by atoms with E-state index in [2.05, 4.69) is 26.1 Å². The SMILES string of the molecule is CC(C)(C)c1ccc(C(=O)NCN2CCCC(C(=O)O)C2)cc1. The molecule has 1 aliphatic rings. The van der Waals surface area contributed by atoms with Crippen molar-refractivity contribution in [3.63, 3.8) is 0 Å². The molecule has 126 valence electrons. The summed E-state index contributed by atoms with van der Waals surface area (Å²) in [5, 5.41) is 12.0. The molecule has 0 aliphatic carbocycles. The fraction of sp³-hybridized carbons (Fsp3) is 0.556. The monoisotopic (exact) mass is 318 g/mol. The van der Waals surface area contributed by atoms with Crippen LogP contribution in [0.15, 0.2) is 24.3 Å². The van der Waals surface area contributed by atoms with Crippen molar-refractivity contribution in [2.75, 3.05) is 19.8 Å². The van der Waals surface area contributed by atoms with Crippen molar-refractivity contribution in [2.24, 2.45) is 5.92 Å². The molecule has 1 atom stereocenters. The molecule has 1 saturated heterocycles. The Morgan fingerprint density at radius 3 is 2.48 bits per heavy atom. The number of piperidine rings is 1. The van der Waals surface area contributed by atoms with Crippen LogP contribution < -0.4 is 5.32 Å². The van der Waals surface area contributed by atoms with Crippen molar-refractivity contribution in [1.82, 2.24) is 10.2 Å². The highest BCUT2D eigenvalue weighted by atomic mass is 16.4. The predicted molar refractivity (Wildman–Crippen MR) is 89.4 cm³/mol. The summed E-state index contributed by atoms with van der Waals surface area (Å²) in [5.41, 5.74) is 1.88. The second-order valence-electron chi connectivity index (χ2n) is 7.25. The minimum atomic E-state index is -0.751. The van der Waals surface area contributed by atoms with Gasteiger partial charge in [-0.15, -0.1) is 0 Å². The van der Waals surface area contributed by atoms with Gasteiger partial charge in [0.25, 0.3) is 5.91 Å². The molecule has 1 fully saturated rings. The van der Waals surface area contributed by atoms with Crippen molar-refractivity contribution in [3.05, 3.63) is 35.4 Å². The predicted octanol–water partition coefficient (Wildman–Crippen LogP) is 2.47. The van der Waals surface area contributed by atoms with E-state index in [4.69, 9.17) is 5.11 Å². The number of benzene rings is 1. The summed E-state index contributed by atoms with van der Waals surface area (Å²) in [5.74, 6) is -1.20. The average molecular weight is 318 g/mol. The number of nitrogens with one attached hydrogen (secondary N) is 1. The van der Waals surface area contributed by atoms with Gasteiger partial charge in [-0.3, -0.25) is 14.5 Å². The Hall–Kier alpha value is -1.88. The van der Waals surface area contributed by atoms with Crippen LogP contribution in [-0.2, 0) is 10.2 Å². The van der Waals surface area contributed by atoms with Gasteiger partial charge in [-0.05, 0) is 42.5 Å². The van der Waals surface area contributed by atoms with Crippen molar-refractivity contribution in [2.45, 2.75) is 39.0 Å². The Bertz CT molecular complexity index is 561. The molecule has 0 saturated carbocycles. The maximum atomic E-state index is 12.2. The number of rotatable bonds is 4. The fourth-order valence-corrected chi connectivity index (χ4v) is 2.81. The zero-order valence-corrected chi connectivity index (χ0v) is 14.1. The summed E-state index contributed by atoms with van der Waals surface area (Å²) in [6, 6.07) is 7.64. The number of carbonyl (C=O) groups excluding carboxylic acids is 1. The summed E-state index contributed by atoms with van der Waals surface area (Å²) < 4.78 is 0. The van der Waals surface area contributed by atoms with Crippen LogP contribution in [0.25, 0.3) is 0 Å². The Morgan fingerprint density at radius 2 is 1.91 bits per heavy atom. The van der Waals surface area contributed by atoms with Crippen LogP contribution in [0.4, 0.5) is 0 Å².